The highest BCUT2D eigenvalue weighted by Crippen LogP contribution is 2.00. The van der Waals surface area contributed by atoms with Gasteiger partial charge in [0.05, 0.1) is 6.54 Å². The molecule has 0 fully saturated rings. The van der Waals surface area contributed by atoms with Gasteiger partial charge in [-0.2, -0.15) is 0 Å². The van der Waals surface area contributed by atoms with Gasteiger partial charge in [0.25, 0.3) is 0 Å². The largest absolute Gasteiger partial charge is 0.480 e. The fourth-order valence-electron chi connectivity index (χ4n) is 0.977. The van der Waals surface area contributed by atoms with E-state index in [1.165, 1.54) is 0 Å². The first-order valence-electron chi connectivity index (χ1n) is 4.72. The van der Waals surface area contributed by atoms with E-state index in [0.29, 0.717) is 6.54 Å². The second kappa shape index (κ2) is 6.37. The fourth-order valence-corrected chi connectivity index (χ4v) is 0.977. The number of hydrogen-bond donors (Lipinski definition) is 3. The van der Waals surface area contributed by atoms with Crippen LogP contribution in [0, 0.1) is 5.92 Å². The third-order valence-corrected chi connectivity index (χ3v) is 1.78. The highest BCUT2D eigenvalue weighted by molar-refractivity contribution is 5.84. The number of carbonyl (C=O) groups is 2. The molecule has 82 valence electrons. The smallest absolute Gasteiger partial charge is 0.326 e. The minimum Gasteiger partial charge on any atom is -0.480 e. The molecule has 0 saturated carbocycles. The van der Waals surface area contributed by atoms with Crippen LogP contribution in [-0.2, 0) is 9.59 Å². The molecular formula is C9H18N2O3. The van der Waals surface area contributed by atoms with E-state index < -0.39 is 12.0 Å². The van der Waals surface area contributed by atoms with Crippen molar-refractivity contribution >= 4 is 11.9 Å². The van der Waals surface area contributed by atoms with Gasteiger partial charge in [-0.3, -0.25) is 4.79 Å². The molecule has 0 aromatic heterocycles. The summed E-state index contributed by atoms with van der Waals surface area (Å²) in [5.74, 6) is -1.39. The Hall–Kier alpha value is -1.10. The van der Waals surface area contributed by atoms with E-state index in [-0.39, 0.29) is 18.4 Å². The number of amides is 1. The van der Waals surface area contributed by atoms with Crippen LogP contribution in [0.1, 0.15) is 20.8 Å². The van der Waals surface area contributed by atoms with E-state index in [9.17, 15) is 9.59 Å². The highest BCUT2D eigenvalue weighted by Gasteiger charge is 2.22. The van der Waals surface area contributed by atoms with Gasteiger partial charge in [0, 0.05) is 0 Å². The van der Waals surface area contributed by atoms with Crippen molar-refractivity contribution in [2.75, 3.05) is 13.1 Å². The summed E-state index contributed by atoms with van der Waals surface area (Å²) in [6.45, 7) is 6.24. The van der Waals surface area contributed by atoms with Gasteiger partial charge < -0.3 is 15.7 Å². The molecule has 14 heavy (non-hydrogen) atoms. The van der Waals surface area contributed by atoms with E-state index in [1.54, 1.807) is 13.8 Å². The average molecular weight is 202 g/mol. The highest BCUT2D eigenvalue weighted by atomic mass is 16.4. The monoisotopic (exact) mass is 202 g/mol. The van der Waals surface area contributed by atoms with Crippen LogP contribution in [0.4, 0.5) is 0 Å². The molecule has 3 N–H and O–H groups in total. The predicted molar refractivity (Wildman–Crippen MR) is 52.9 cm³/mol. The van der Waals surface area contributed by atoms with Crippen molar-refractivity contribution in [1.82, 2.24) is 10.6 Å². The molecule has 1 atom stereocenters. The van der Waals surface area contributed by atoms with Crippen LogP contribution in [0.25, 0.3) is 0 Å². The lowest BCUT2D eigenvalue weighted by atomic mass is 10.1. The third-order valence-electron chi connectivity index (χ3n) is 1.78. The molecule has 5 nitrogen and oxygen atoms in total. The van der Waals surface area contributed by atoms with E-state index >= 15 is 0 Å². The maximum Gasteiger partial charge on any atom is 0.326 e. The zero-order valence-electron chi connectivity index (χ0n) is 8.83. The van der Waals surface area contributed by atoms with Gasteiger partial charge in [0.15, 0.2) is 0 Å². The number of rotatable bonds is 6. The van der Waals surface area contributed by atoms with Crippen molar-refractivity contribution in [3.63, 3.8) is 0 Å². The van der Waals surface area contributed by atoms with Crippen LogP contribution >= 0.6 is 0 Å². The molecule has 1 amide bonds. The zero-order chi connectivity index (χ0) is 11.1. The summed E-state index contributed by atoms with van der Waals surface area (Å²) in [6.07, 6.45) is 0. The van der Waals surface area contributed by atoms with Crippen molar-refractivity contribution in [3.05, 3.63) is 0 Å². The molecule has 0 bridgehead atoms. The Kier molecular flexibility index (Phi) is 5.87. The van der Waals surface area contributed by atoms with Crippen molar-refractivity contribution in [2.24, 2.45) is 5.92 Å². The summed E-state index contributed by atoms with van der Waals surface area (Å²) in [5, 5.41) is 14.1. The molecule has 0 saturated heterocycles. The Balaban J connectivity index is 4.04. The summed E-state index contributed by atoms with van der Waals surface area (Å²) in [7, 11) is 0. The first kappa shape index (κ1) is 12.9. The minimum absolute atomic E-state index is 0.113. The standard InChI is InChI=1S/C9H18N2O3/c1-4-10-5-7(12)11-8(6(2)3)9(13)14/h6,8,10H,4-5H2,1-3H3,(H,11,12)(H,13,14)/t8-/m0/s1. The van der Waals surface area contributed by atoms with Gasteiger partial charge in [0.1, 0.15) is 6.04 Å². The van der Waals surface area contributed by atoms with Crippen LogP contribution in [0.3, 0.4) is 0 Å². The Morgan fingerprint density at radius 1 is 1.36 bits per heavy atom. The number of carbonyl (C=O) groups excluding carboxylic acids is 1. The minimum atomic E-state index is -0.996. The Morgan fingerprint density at radius 2 is 1.93 bits per heavy atom. The number of carboxylic acid groups (broad SMARTS) is 1. The summed E-state index contributed by atoms with van der Waals surface area (Å²) in [4.78, 5) is 21.9. The van der Waals surface area contributed by atoms with Crippen LogP contribution in [0.15, 0.2) is 0 Å². The quantitative estimate of drug-likeness (QED) is 0.558. The molecule has 0 aliphatic rings. The molecule has 0 heterocycles. The third kappa shape index (κ3) is 4.81. The summed E-state index contributed by atoms with van der Waals surface area (Å²) in [6, 6.07) is -0.804. The Bertz CT molecular complexity index is 204. The molecule has 0 aliphatic carbocycles. The first-order valence-corrected chi connectivity index (χ1v) is 4.72. The maximum atomic E-state index is 11.2. The van der Waals surface area contributed by atoms with Gasteiger partial charge >= 0.3 is 5.97 Å². The molecule has 5 heteroatoms. The average Bonchev–Trinajstić information content (AvgIpc) is 2.09. The number of nitrogens with one attached hydrogen (secondary N) is 2. The van der Waals surface area contributed by atoms with Crippen molar-refractivity contribution in [2.45, 2.75) is 26.8 Å². The van der Waals surface area contributed by atoms with Gasteiger partial charge in [-0.05, 0) is 12.5 Å². The predicted octanol–water partition coefficient (Wildman–Crippen LogP) is -0.179. The number of aliphatic carboxylic acids is 1. The number of likely N-dealkylation sites (N-methyl/N-ethyl adjacent to an activating group) is 1. The molecule has 0 unspecified atom stereocenters. The normalized spacial score (nSPS) is 12.6. The molecule has 0 radical (unpaired) electrons. The zero-order valence-corrected chi connectivity index (χ0v) is 8.83. The lowest BCUT2D eigenvalue weighted by Crippen LogP contribution is -2.47. The van der Waals surface area contributed by atoms with E-state index in [1.807, 2.05) is 6.92 Å². The maximum absolute atomic E-state index is 11.2. The number of hydrogen-bond acceptors (Lipinski definition) is 3. The SMILES string of the molecule is CCNCC(=O)N[C@H](C(=O)O)C(C)C. The van der Waals surface area contributed by atoms with Crippen LogP contribution < -0.4 is 10.6 Å². The molecule has 0 aromatic rings. The van der Waals surface area contributed by atoms with Gasteiger partial charge in [-0.1, -0.05) is 20.8 Å². The number of carboxylic acids is 1. The second-order valence-corrected chi connectivity index (χ2v) is 3.41. The lowest BCUT2D eigenvalue weighted by Gasteiger charge is -2.17. The summed E-state index contributed by atoms with van der Waals surface area (Å²) >= 11 is 0. The molecule has 0 rings (SSSR count). The molecule has 0 aromatic carbocycles. The molecule has 0 spiro atoms. The van der Waals surface area contributed by atoms with Crippen LogP contribution in [0.5, 0.6) is 0 Å². The van der Waals surface area contributed by atoms with Crippen molar-refractivity contribution in [3.8, 4) is 0 Å². The lowest BCUT2D eigenvalue weighted by molar-refractivity contribution is -0.142. The van der Waals surface area contributed by atoms with Crippen molar-refractivity contribution < 1.29 is 14.7 Å². The van der Waals surface area contributed by atoms with E-state index in [2.05, 4.69) is 10.6 Å². The van der Waals surface area contributed by atoms with Gasteiger partial charge in [-0.15, -0.1) is 0 Å². The van der Waals surface area contributed by atoms with E-state index in [4.69, 9.17) is 5.11 Å². The topological polar surface area (TPSA) is 78.4 Å². The van der Waals surface area contributed by atoms with Gasteiger partial charge in [0.2, 0.25) is 5.91 Å². The molecular weight excluding hydrogens is 184 g/mol. The summed E-state index contributed by atoms with van der Waals surface area (Å²) < 4.78 is 0. The Morgan fingerprint density at radius 3 is 2.29 bits per heavy atom. The second-order valence-electron chi connectivity index (χ2n) is 3.41. The fraction of sp³-hybridized carbons (Fsp3) is 0.778. The Labute approximate surface area is 83.9 Å². The molecule has 0 aliphatic heterocycles. The first-order chi connectivity index (χ1) is 6.49. The van der Waals surface area contributed by atoms with Gasteiger partial charge in [-0.25, -0.2) is 4.79 Å². The van der Waals surface area contributed by atoms with Crippen LogP contribution in [0.2, 0.25) is 0 Å². The van der Waals surface area contributed by atoms with Crippen molar-refractivity contribution in [1.29, 1.82) is 0 Å². The van der Waals surface area contributed by atoms with E-state index in [0.717, 1.165) is 0 Å². The summed E-state index contributed by atoms with van der Waals surface area (Å²) in [5.41, 5.74) is 0. The van der Waals surface area contributed by atoms with Crippen LogP contribution in [-0.4, -0.2) is 36.1 Å².